The SMILES string of the molecule is CC[C@H](Oc1cc(C)ccc1C)C(=O)NCCOc1ccc(F)cc1. The molecule has 0 bridgehead atoms. The summed E-state index contributed by atoms with van der Waals surface area (Å²) in [4.78, 5) is 12.3. The fourth-order valence-electron chi connectivity index (χ4n) is 2.30. The van der Waals surface area contributed by atoms with Gasteiger partial charge in [-0.05, 0) is 61.7 Å². The van der Waals surface area contributed by atoms with E-state index in [1.54, 1.807) is 12.1 Å². The number of amides is 1. The quantitative estimate of drug-likeness (QED) is 0.741. The van der Waals surface area contributed by atoms with Gasteiger partial charge in [0, 0.05) is 0 Å². The van der Waals surface area contributed by atoms with Gasteiger partial charge in [0.25, 0.3) is 5.91 Å². The highest BCUT2D eigenvalue weighted by atomic mass is 19.1. The molecule has 0 heterocycles. The standard InChI is InChI=1S/C20H24FNO3/c1-4-18(25-19-13-14(2)5-6-15(19)3)20(23)22-11-12-24-17-9-7-16(21)8-10-17/h5-10,13,18H,4,11-12H2,1-3H3,(H,22,23)/t18-/m0/s1. The molecule has 1 amide bonds. The molecule has 0 aliphatic rings. The summed E-state index contributed by atoms with van der Waals surface area (Å²) in [5, 5.41) is 2.81. The van der Waals surface area contributed by atoms with Crippen molar-refractivity contribution in [2.24, 2.45) is 0 Å². The first-order valence-corrected chi connectivity index (χ1v) is 8.39. The summed E-state index contributed by atoms with van der Waals surface area (Å²) >= 11 is 0. The molecule has 4 nitrogen and oxygen atoms in total. The topological polar surface area (TPSA) is 47.6 Å². The smallest absolute Gasteiger partial charge is 0.261 e. The molecule has 0 saturated heterocycles. The minimum Gasteiger partial charge on any atom is -0.492 e. The predicted molar refractivity (Wildman–Crippen MR) is 95.5 cm³/mol. The summed E-state index contributed by atoms with van der Waals surface area (Å²) in [6.45, 7) is 6.50. The summed E-state index contributed by atoms with van der Waals surface area (Å²) in [5.41, 5.74) is 2.08. The number of hydrogen-bond acceptors (Lipinski definition) is 3. The molecular weight excluding hydrogens is 321 g/mol. The average Bonchev–Trinajstić information content (AvgIpc) is 2.60. The van der Waals surface area contributed by atoms with E-state index in [1.165, 1.54) is 12.1 Å². The molecule has 0 fully saturated rings. The summed E-state index contributed by atoms with van der Waals surface area (Å²) in [6.07, 6.45) is 0.0178. The van der Waals surface area contributed by atoms with Gasteiger partial charge in [0.15, 0.2) is 6.10 Å². The molecule has 1 atom stereocenters. The molecule has 0 radical (unpaired) electrons. The Kier molecular flexibility index (Phi) is 6.81. The van der Waals surface area contributed by atoms with Gasteiger partial charge in [0.05, 0.1) is 6.54 Å². The Hall–Kier alpha value is -2.56. The van der Waals surface area contributed by atoms with Crippen LogP contribution < -0.4 is 14.8 Å². The Bertz CT molecular complexity index is 701. The molecule has 0 spiro atoms. The van der Waals surface area contributed by atoms with Crippen molar-refractivity contribution in [3.05, 3.63) is 59.4 Å². The van der Waals surface area contributed by atoms with Crippen molar-refractivity contribution >= 4 is 5.91 Å². The van der Waals surface area contributed by atoms with Crippen molar-refractivity contribution in [1.29, 1.82) is 0 Å². The van der Waals surface area contributed by atoms with Gasteiger partial charge in [0.2, 0.25) is 0 Å². The minimum atomic E-state index is -0.550. The number of halogens is 1. The van der Waals surface area contributed by atoms with E-state index >= 15 is 0 Å². The van der Waals surface area contributed by atoms with Crippen molar-refractivity contribution in [2.45, 2.75) is 33.3 Å². The maximum absolute atomic E-state index is 12.8. The Morgan fingerprint density at radius 3 is 2.56 bits per heavy atom. The van der Waals surface area contributed by atoms with Crippen LogP contribution in [0, 0.1) is 19.7 Å². The van der Waals surface area contributed by atoms with Crippen LogP contribution in [0.25, 0.3) is 0 Å². The lowest BCUT2D eigenvalue weighted by molar-refractivity contribution is -0.128. The highest BCUT2D eigenvalue weighted by Crippen LogP contribution is 2.21. The fourth-order valence-corrected chi connectivity index (χ4v) is 2.30. The first-order chi connectivity index (χ1) is 12.0. The Balaban J connectivity index is 1.81. The van der Waals surface area contributed by atoms with Crippen LogP contribution in [-0.2, 0) is 4.79 Å². The number of hydrogen-bond donors (Lipinski definition) is 1. The van der Waals surface area contributed by atoms with Gasteiger partial charge in [-0.25, -0.2) is 4.39 Å². The molecule has 134 valence electrons. The third-order valence-corrected chi connectivity index (χ3v) is 3.76. The van der Waals surface area contributed by atoms with Crippen molar-refractivity contribution in [1.82, 2.24) is 5.32 Å². The minimum absolute atomic E-state index is 0.175. The van der Waals surface area contributed by atoms with E-state index in [2.05, 4.69) is 5.32 Å². The number of nitrogens with one attached hydrogen (secondary N) is 1. The van der Waals surface area contributed by atoms with Gasteiger partial charge in [0.1, 0.15) is 23.9 Å². The van der Waals surface area contributed by atoms with Gasteiger partial charge in [-0.2, -0.15) is 0 Å². The molecular formula is C20H24FNO3. The number of carbonyl (C=O) groups excluding carboxylic acids is 1. The number of rotatable bonds is 8. The van der Waals surface area contributed by atoms with Gasteiger partial charge in [-0.15, -0.1) is 0 Å². The zero-order valence-corrected chi connectivity index (χ0v) is 14.8. The normalized spacial score (nSPS) is 11.7. The molecule has 0 unspecified atom stereocenters. The monoisotopic (exact) mass is 345 g/mol. The first-order valence-electron chi connectivity index (χ1n) is 8.39. The average molecular weight is 345 g/mol. The second kappa shape index (κ2) is 9.06. The van der Waals surface area contributed by atoms with Crippen LogP contribution in [0.1, 0.15) is 24.5 Å². The number of carbonyl (C=O) groups is 1. The van der Waals surface area contributed by atoms with Crippen LogP contribution in [-0.4, -0.2) is 25.2 Å². The van der Waals surface area contributed by atoms with Gasteiger partial charge < -0.3 is 14.8 Å². The third-order valence-electron chi connectivity index (χ3n) is 3.76. The van der Waals surface area contributed by atoms with E-state index < -0.39 is 6.10 Å². The van der Waals surface area contributed by atoms with Crippen LogP contribution in [0.3, 0.4) is 0 Å². The second-order valence-electron chi connectivity index (χ2n) is 5.88. The van der Waals surface area contributed by atoms with E-state index in [4.69, 9.17) is 9.47 Å². The summed E-state index contributed by atoms with van der Waals surface area (Å²) in [6, 6.07) is 11.7. The summed E-state index contributed by atoms with van der Waals surface area (Å²) in [7, 11) is 0. The lowest BCUT2D eigenvalue weighted by Gasteiger charge is -2.19. The molecule has 1 N–H and O–H groups in total. The maximum atomic E-state index is 12.8. The van der Waals surface area contributed by atoms with Crippen LogP contribution in [0.4, 0.5) is 4.39 Å². The zero-order valence-electron chi connectivity index (χ0n) is 14.8. The van der Waals surface area contributed by atoms with Crippen molar-refractivity contribution < 1.29 is 18.7 Å². The van der Waals surface area contributed by atoms with Crippen molar-refractivity contribution in [3.8, 4) is 11.5 Å². The highest BCUT2D eigenvalue weighted by molar-refractivity contribution is 5.81. The first kappa shape index (κ1) is 18.8. The molecule has 0 aromatic heterocycles. The summed E-state index contributed by atoms with van der Waals surface area (Å²) < 4.78 is 24.1. The number of aryl methyl sites for hydroxylation is 2. The molecule has 0 saturated carbocycles. The lowest BCUT2D eigenvalue weighted by Crippen LogP contribution is -2.39. The van der Waals surface area contributed by atoms with Crippen LogP contribution in [0.2, 0.25) is 0 Å². The van der Waals surface area contributed by atoms with Gasteiger partial charge in [-0.1, -0.05) is 19.1 Å². The van der Waals surface area contributed by atoms with E-state index in [1.807, 2.05) is 39.0 Å². The fraction of sp³-hybridized carbons (Fsp3) is 0.350. The molecule has 0 aliphatic heterocycles. The maximum Gasteiger partial charge on any atom is 0.261 e. The van der Waals surface area contributed by atoms with E-state index in [-0.39, 0.29) is 11.7 Å². The largest absolute Gasteiger partial charge is 0.492 e. The molecule has 2 aromatic rings. The number of ether oxygens (including phenoxy) is 2. The second-order valence-corrected chi connectivity index (χ2v) is 5.88. The van der Waals surface area contributed by atoms with E-state index in [0.29, 0.717) is 25.3 Å². The molecule has 25 heavy (non-hydrogen) atoms. The van der Waals surface area contributed by atoms with Crippen LogP contribution >= 0.6 is 0 Å². The van der Waals surface area contributed by atoms with E-state index in [0.717, 1.165) is 16.9 Å². The molecule has 2 aromatic carbocycles. The van der Waals surface area contributed by atoms with E-state index in [9.17, 15) is 9.18 Å². The Morgan fingerprint density at radius 2 is 1.88 bits per heavy atom. The van der Waals surface area contributed by atoms with Crippen molar-refractivity contribution in [3.63, 3.8) is 0 Å². The van der Waals surface area contributed by atoms with Crippen LogP contribution in [0.5, 0.6) is 11.5 Å². The molecule has 0 aliphatic carbocycles. The Morgan fingerprint density at radius 1 is 1.16 bits per heavy atom. The van der Waals surface area contributed by atoms with Gasteiger partial charge in [-0.3, -0.25) is 4.79 Å². The molecule has 5 heteroatoms. The molecule has 2 rings (SSSR count). The highest BCUT2D eigenvalue weighted by Gasteiger charge is 2.18. The zero-order chi connectivity index (χ0) is 18.2. The Labute approximate surface area is 148 Å². The van der Waals surface area contributed by atoms with Crippen molar-refractivity contribution in [2.75, 3.05) is 13.2 Å². The lowest BCUT2D eigenvalue weighted by atomic mass is 10.1. The van der Waals surface area contributed by atoms with Crippen LogP contribution in [0.15, 0.2) is 42.5 Å². The summed E-state index contributed by atoms with van der Waals surface area (Å²) in [5.74, 6) is 0.806. The number of benzene rings is 2. The predicted octanol–water partition coefficient (Wildman–Crippen LogP) is 3.80. The third kappa shape index (κ3) is 5.78. The van der Waals surface area contributed by atoms with Gasteiger partial charge >= 0.3 is 0 Å².